The van der Waals surface area contributed by atoms with Crippen molar-refractivity contribution in [2.24, 2.45) is 11.7 Å². The number of hydrogen-bond acceptors (Lipinski definition) is 5. The first-order chi connectivity index (χ1) is 14.5. The van der Waals surface area contributed by atoms with Gasteiger partial charge < -0.3 is 11.1 Å². The number of benzene rings is 1. The summed E-state index contributed by atoms with van der Waals surface area (Å²) in [5.74, 6) is 0.246. The van der Waals surface area contributed by atoms with E-state index in [1.54, 1.807) is 23.1 Å². The smallest absolute Gasteiger partial charge is 0.252 e. The van der Waals surface area contributed by atoms with Crippen LogP contribution in [-0.2, 0) is 6.54 Å². The fraction of sp³-hybridized carbons (Fsp3) is 0.217. The first-order valence-corrected chi connectivity index (χ1v) is 9.93. The van der Waals surface area contributed by atoms with Gasteiger partial charge in [-0.05, 0) is 29.7 Å². The molecule has 0 spiro atoms. The molecule has 0 radical (unpaired) electrons. The zero-order valence-corrected chi connectivity index (χ0v) is 17.0. The Hall–Kier alpha value is -3.58. The molecule has 1 amide bonds. The van der Waals surface area contributed by atoms with E-state index < -0.39 is 0 Å². The predicted octanol–water partition coefficient (Wildman–Crippen LogP) is 3.30. The Kier molecular flexibility index (Phi) is 5.54. The number of pyridine rings is 1. The molecule has 4 rings (SSSR count). The van der Waals surface area contributed by atoms with Crippen molar-refractivity contribution in [3.8, 4) is 22.5 Å². The predicted molar refractivity (Wildman–Crippen MR) is 117 cm³/mol. The highest BCUT2D eigenvalue weighted by atomic mass is 16.1. The largest absolute Gasteiger partial charge is 0.352 e. The average molecular weight is 400 g/mol. The molecule has 0 aliphatic rings. The number of carbonyl (C=O) groups is 1. The second-order valence-corrected chi connectivity index (χ2v) is 7.60. The molecule has 7 heteroatoms. The molecular weight excluding hydrogens is 376 g/mol. The summed E-state index contributed by atoms with van der Waals surface area (Å²) >= 11 is 0. The Labute approximate surface area is 175 Å². The van der Waals surface area contributed by atoms with Crippen LogP contribution in [0.3, 0.4) is 0 Å². The number of fused-ring (bicyclic) bond motifs is 1. The standard InChI is InChI=1S/C23H24N6O/c1-15(2)11-27-23(30)19-9-18(12-25-13-19)20-7-8-22-26-14-21(29(22)28-20)17-5-3-16(10-24)4-6-17/h3-9,12-15H,10-11,24H2,1-2H3,(H,27,30). The van der Waals surface area contributed by atoms with Gasteiger partial charge in [-0.3, -0.25) is 9.78 Å². The summed E-state index contributed by atoms with van der Waals surface area (Å²) in [5.41, 5.74) is 11.4. The van der Waals surface area contributed by atoms with Crippen molar-refractivity contribution in [3.63, 3.8) is 0 Å². The van der Waals surface area contributed by atoms with Crippen molar-refractivity contribution in [2.45, 2.75) is 20.4 Å². The van der Waals surface area contributed by atoms with Gasteiger partial charge in [-0.2, -0.15) is 5.10 Å². The van der Waals surface area contributed by atoms with Gasteiger partial charge >= 0.3 is 0 Å². The van der Waals surface area contributed by atoms with Crippen molar-refractivity contribution < 1.29 is 4.79 Å². The van der Waals surface area contributed by atoms with Crippen LogP contribution in [-0.4, -0.2) is 32.0 Å². The van der Waals surface area contributed by atoms with Crippen LogP contribution in [0.2, 0.25) is 0 Å². The van der Waals surface area contributed by atoms with E-state index in [1.807, 2.05) is 42.5 Å². The minimum absolute atomic E-state index is 0.137. The minimum Gasteiger partial charge on any atom is -0.352 e. The van der Waals surface area contributed by atoms with Crippen LogP contribution >= 0.6 is 0 Å². The Morgan fingerprint density at radius 3 is 2.60 bits per heavy atom. The molecule has 3 heterocycles. The van der Waals surface area contributed by atoms with Crippen molar-refractivity contribution in [1.29, 1.82) is 0 Å². The number of nitrogens with one attached hydrogen (secondary N) is 1. The molecule has 0 bridgehead atoms. The highest BCUT2D eigenvalue weighted by molar-refractivity contribution is 5.94. The van der Waals surface area contributed by atoms with Gasteiger partial charge in [0.25, 0.3) is 5.91 Å². The zero-order chi connectivity index (χ0) is 21.1. The van der Waals surface area contributed by atoms with E-state index >= 15 is 0 Å². The van der Waals surface area contributed by atoms with E-state index in [2.05, 4.69) is 29.1 Å². The van der Waals surface area contributed by atoms with E-state index in [0.29, 0.717) is 30.3 Å². The van der Waals surface area contributed by atoms with Crippen molar-refractivity contribution in [1.82, 2.24) is 24.9 Å². The van der Waals surface area contributed by atoms with E-state index in [1.165, 1.54) is 0 Å². The van der Waals surface area contributed by atoms with Gasteiger partial charge in [0, 0.05) is 36.6 Å². The number of hydrogen-bond donors (Lipinski definition) is 2. The number of nitrogens with two attached hydrogens (primary N) is 1. The molecule has 7 nitrogen and oxygen atoms in total. The number of rotatable bonds is 6. The Balaban J connectivity index is 1.68. The van der Waals surface area contributed by atoms with Crippen LogP contribution in [0.4, 0.5) is 0 Å². The number of carbonyl (C=O) groups excluding carboxylic acids is 1. The Morgan fingerprint density at radius 2 is 1.87 bits per heavy atom. The lowest BCUT2D eigenvalue weighted by atomic mass is 10.1. The Bertz CT molecular complexity index is 1180. The van der Waals surface area contributed by atoms with E-state index in [-0.39, 0.29) is 5.91 Å². The molecular formula is C23H24N6O. The molecule has 0 unspecified atom stereocenters. The van der Waals surface area contributed by atoms with Crippen molar-refractivity contribution >= 4 is 11.6 Å². The van der Waals surface area contributed by atoms with Gasteiger partial charge in [0.15, 0.2) is 5.65 Å². The van der Waals surface area contributed by atoms with Gasteiger partial charge in [-0.1, -0.05) is 38.1 Å². The maximum absolute atomic E-state index is 12.4. The summed E-state index contributed by atoms with van der Waals surface area (Å²) in [7, 11) is 0. The maximum atomic E-state index is 12.4. The van der Waals surface area contributed by atoms with Crippen LogP contribution in [0.25, 0.3) is 28.2 Å². The van der Waals surface area contributed by atoms with Gasteiger partial charge in [0.1, 0.15) is 0 Å². The Morgan fingerprint density at radius 1 is 1.07 bits per heavy atom. The third-order valence-electron chi connectivity index (χ3n) is 4.81. The molecule has 3 N–H and O–H groups in total. The van der Waals surface area contributed by atoms with Crippen molar-refractivity contribution in [2.75, 3.05) is 6.54 Å². The molecule has 0 saturated carbocycles. The molecule has 4 aromatic rings. The van der Waals surface area contributed by atoms with Crippen LogP contribution in [0.5, 0.6) is 0 Å². The normalized spacial score (nSPS) is 11.2. The topological polar surface area (TPSA) is 98.2 Å². The van der Waals surface area contributed by atoms with Crippen LogP contribution in [0.15, 0.2) is 61.1 Å². The highest BCUT2D eigenvalue weighted by Crippen LogP contribution is 2.23. The summed E-state index contributed by atoms with van der Waals surface area (Å²) in [6.45, 7) is 5.24. The van der Waals surface area contributed by atoms with Crippen LogP contribution < -0.4 is 11.1 Å². The fourth-order valence-corrected chi connectivity index (χ4v) is 3.14. The summed E-state index contributed by atoms with van der Waals surface area (Å²) < 4.78 is 1.80. The monoisotopic (exact) mass is 400 g/mol. The third kappa shape index (κ3) is 4.06. The number of amides is 1. The van der Waals surface area contributed by atoms with E-state index in [0.717, 1.165) is 28.0 Å². The summed E-state index contributed by atoms with van der Waals surface area (Å²) in [6.07, 6.45) is 5.08. The molecule has 0 aliphatic heterocycles. The van der Waals surface area contributed by atoms with Gasteiger partial charge in [-0.15, -0.1) is 0 Å². The molecule has 1 aromatic carbocycles. The first-order valence-electron chi connectivity index (χ1n) is 9.93. The van der Waals surface area contributed by atoms with Gasteiger partial charge in [-0.25, -0.2) is 9.50 Å². The third-order valence-corrected chi connectivity index (χ3v) is 4.81. The second-order valence-electron chi connectivity index (χ2n) is 7.60. The van der Waals surface area contributed by atoms with Crippen LogP contribution in [0.1, 0.15) is 29.8 Å². The summed E-state index contributed by atoms with van der Waals surface area (Å²) in [5, 5.41) is 7.68. The lowest BCUT2D eigenvalue weighted by Gasteiger charge is -2.09. The maximum Gasteiger partial charge on any atom is 0.252 e. The molecule has 3 aromatic heterocycles. The second kappa shape index (κ2) is 8.42. The summed E-state index contributed by atoms with van der Waals surface area (Å²) in [4.78, 5) is 21.1. The molecule has 30 heavy (non-hydrogen) atoms. The molecule has 0 fully saturated rings. The van der Waals surface area contributed by atoms with Crippen molar-refractivity contribution in [3.05, 3.63) is 72.2 Å². The van der Waals surface area contributed by atoms with Gasteiger partial charge in [0.05, 0.1) is 23.1 Å². The average Bonchev–Trinajstić information content (AvgIpc) is 3.21. The lowest BCUT2D eigenvalue weighted by Crippen LogP contribution is -2.27. The van der Waals surface area contributed by atoms with E-state index in [4.69, 9.17) is 10.8 Å². The van der Waals surface area contributed by atoms with E-state index in [9.17, 15) is 4.79 Å². The number of nitrogens with zero attached hydrogens (tertiary/aromatic N) is 4. The fourth-order valence-electron chi connectivity index (χ4n) is 3.14. The minimum atomic E-state index is -0.137. The molecule has 0 saturated heterocycles. The van der Waals surface area contributed by atoms with Gasteiger partial charge in [0.2, 0.25) is 0 Å². The van der Waals surface area contributed by atoms with Crippen LogP contribution in [0, 0.1) is 5.92 Å². The summed E-state index contributed by atoms with van der Waals surface area (Å²) in [6, 6.07) is 13.6. The quantitative estimate of drug-likeness (QED) is 0.517. The SMILES string of the molecule is CC(C)CNC(=O)c1cncc(-c2ccc3ncc(-c4ccc(CN)cc4)n3n2)c1. The highest BCUT2D eigenvalue weighted by Gasteiger charge is 2.12. The molecule has 0 aliphatic carbocycles. The molecule has 0 atom stereocenters. The zero-order valence-electron chi connectivity index (χ0n) is 17.0. The lowest BCUT2D eigenvalue weighted by molar-refractivity contribution is 0.0948. The number of aromatic nitrogens is 4. The number of imidazole rings is 1. The first kappa shape index (κ1) is 19.7. The molecule has 152 valence electrons.